The summed E-state index contributed by atoms with van der Waals surface area (Å²) in [5, 5.41) is 4.18. The van der Waals surface area contributed by atoms with Crippen molar-refractivity contribution >= 4 is 67.8 Å². The lowest BCUT2D eigenvalue weighted by atomic mass is 10.3. The average Bonchev–Trinajstić information content (AvgIpc) is 2.71. The van der Waals surface area contributed by atoms with E-state index in [1.165, 1.54) is 11.3 Å². The van der Waals surface area contributed by atoms with E-state index < -0.39 is 0 Å². The minimum atomic E-state index is 0.497. The maximum Gasteiger partial charge on any atom is 0.183 e. The van der Waals surface area contributed by atoms with Gasteiger partial charge < -0.3 is 5.32 Å². The van der Waals surface area contributed by atoms with Crippen LogP contribution in [0.4, 0.5) is 5.69 Å². The predicted molar refractivity (Wildman–Crippen MR) is 78.6 cm³/mol. The number of rotatable bonds is 3. The zero-order valence-corrected chi connectivity index (χ0v) is 13.0. The highest BCUT2D eigenvalue weighted by atomic mass is 79.9. The fourth-order valence-corrected chi connectivity index (χ4v) is 2.97. The molecule has 90 valence electrons. The van der Waals surface area contributed by atoms with Crippen LogP contribution in [0.5, 0.6) is 0 Å². The third kappa shape index (κ3) is 3.26. The number of nitrogens with zero attached hydrogens (tertiary/aromatic N) is 1. The molecule has 0 atom stereocenters. The van der Waals surface area contributed by atoms with Crippen LogP contribution in [0.15, 0.2) is 22.8 Å². The number of halogens is 4. The highest BCUT2D eigenvalue weighted by molar-refractivity contribution is 9.10. The van der Waals surface area contributed by atoms with E-state index in [0.29, 0.717) is 21.1 Å². The van der Waals surface area contributed by atoms with Gasteiger partial charge in [0, 0.05) is 15.5 Å². The van der Waals surface area contributed by atoms with Gasteiger partial charge in [-0.2, -0.15) is 0 Å². The number of hydrogen-bond donors (Lipinski definition) is 1. The van der Waals surface area contributed by atoms with E-state index >= 15 is 0 Å². The molecule has 0 aliphatic rings. The van der Waals surface area contributed by atoms with Gasteiger partial charge in [-0.15, -0.1) is 11.3 Å². The van der Waals surface area contributed by atoms with E-state index in [1.54, 1.807) is 6.20 Å². The standard InChI is InChI=1S/C10H6BrCl3N2S/c11-6-1-2-7(9(13)8(6)12)15-3-5-4-16-10(14)17-5/h1-2,4,15H,3H2. The molecule has 7 heteroatoms. The summed E-state index contributed by atoms with van der Waals surface area (Å²) < 4.78 is 1.30. The quantitative estimate of drug-likeness (QED) is 0.722. The molecule has 2 nitrogen and oxygen atoms in total. The van der Waals surface area contributed by atoms with Gasteiger partial charge >= 0.3 is 0 Å². The van der Waals surface area contributed by atoms with E-state index in [0.717, 1.165) is 15.0 Å². The van der Waals surface area contributed by atoms with Crippen LogP contribution in [0.1, 0.15) is 4.88 Å². The summed E-state index contributed by atoms with van der Waals surface area (Å²) >= 11 is 22.6. The molecule has 2 aromatic rings. The molecule has 1 aromatic carbocycles. The van der Waals surface area contributed by atoms with Crippen molar-refractivity contribution in [3.8, 4) is 0 Å². The Kier molecular flexibility index (Phi) is 4.55. The number of aromatic nitrogens is 1. The number of thiazole rings is 1. The molecule has 0 aliphatic heterocycles. The predicted octanol–water partition coefficient (Wildman–Crippen LogP) is 5.48. The zero-order valence-electron chi connectivity index (χ0n) is 8.31. The van der Waals surface area contributed by atoms with Gasteiger partial charge in [0.25, 0.3) is 0 Å². The minimum Gasteiger partial charge on any atom is -0.379 e. The van der Waals surface area contributed by atoms with E-state index in [1.807, 2.05) is 12.1 Å². The van der Waals surface area contributed by atoms with Gasteiger partial charge in [0.1, 0.15) is 0 Å². The smallest absolute Gasteiger partial charge is 0.183 e. The van der Waals surface area contributed by atoms with E-state index in [4.69, 9.17) is 34.8 Å². The van der Waals surface area contributed by atoms with Crippen LogP contribution in [0, 0.1) is 0 Å². The van der Waals surface area contributed by atoms with Gasteiger partial charge in [0.05, 0.1) is 22.3 Å². The molecule has 0 unspecified atom stereocenters. The number of hydrogen-bond acceptors (Lipinski definition) is 3. The molecule has 1 heterocycles. The lowest BCUT2D eigenvalue weighted by molar-refractivity contribution is 1.17. The third-order valence-corrected chi connectivity index (χ3v) is 4.90. The molecular formula is C10H6BrCl3N2S. The fourth-order valence-electron chi connectivity index (χ4n) is 1.21. The number of nitrogens with one attached hydrogen (secondary N) is 1. The highest BCUT2D eigenvalue weighted by Crippen LogP contribution is 2.36. The first-order chi connectivity index (χ1) is 8.08. The Morgan fingerprint density at radius 3 is 2.65 bits per heavy atom. The number of anilines is 1. The summed E-state index contributed by atoms with van der Waals surface area (Å²) in [5.41, 5.74) is 0.782. The lowest BCUT2D eigenvalue weighted by Crippen LogP contribution is -1.98. The SMILES string of the molecule is Clc1ncc(CNc2ccc(Br)c(Cl)c2Cl)s1. The topological polar surface area (TPSA) is 24.9 Å². The Bertz CT molecular complexity index is 544. The second kappa shape index (κ2) is 5.76. The average molecular weight is 373 g/mol. The largest absolute Gasteiger partial charge is 0.379 e. The molecule has 0 spiro atoms. The Balaban J connectivity index is 2.12. The Morgan fingerprint density at radius 2 is 2.00 bits per heavy atom. The van der Waals surface area contributed by atoms with Crippen LogP contribution in [-0.4, -0.2) is 4.98 Å². The van der Waals surface area contributed by atoms with Crippen molar-refractivity contribution in [2.24, 2.45) is 0 Å². The molecule has 0 amide bonds. The lowest BCUT2D eigenvalue weighted by Gasteiger charge is -2.09. The van der Waals surface area contributed by atoms with Crippen LogP contribution >= 0.6 is 62.1 Å². The number of benzene rings is 1. The van der Waals surface area contributed by atoms with Crippen LogP contribution in [0.3, 0.4) is 0 Å². The van der Waals surface area contributed by atoms with Crippen LogP contribution < -0.4 is 5.32 Å². The summed E-state index contributed by atoms with van der Waals surface area (Å²) in [7, 11) is 0. The first-order valence-corrected chi connectivity index (χ1v) is 7.30. The molecule has 1 N–H and O–H groups in total. The first-order valence-electron chi connectivity index (χ1n) is 4.55. The van der Waals surface area contributed by atoms with Gasteiger partial charge in [-0.05, 0) is 28.1 Å². The normalized spacial score (nSPS) is 10.6. The second-order valence-electron chi connectivity index (χ2n) is 3.16. The van der Waals surface area contributed by atoms with Crippen LogP contribution in [0.2, 0.25) is 14.5 Å². The Morgan fingerprint density at radius 1 is 1.24 bits per heavy atom. The summed E-state index contributed by atoms with van der Waals surface area (Å²) in [6.45, 7) is 0.613. The van der Waals surface area contributed by atoms with Crippen molar-refractivity contribution < 1.29 is 0 Å². The molecule has 0 bridgehead atoms. The Hall–Kier alpha value is -0.0000000000000000278. The van der Waals surface area contributed by atoms with E-state index in [2.05, 4.69) is 26.2 Å². The van der Waals surface area contributed by atoms with Gasteiger partial charge in [0.15, 0.2) is 4.47 Å². The molecule has 0 radical (unpaired) electrons. The molecule has 17 heavy (non-hydrogen) atoms. The van der Waals surface area contributed by atoms with Crippen molar-refractivity contribution in [3.05, 3.63) is 42.2 Å². The van der Waals surface area contributed by atoms with Gasteiger partial charge in [-0.3, -0.25) is 0 Å². The first kappa shape index (κ1) is 13.4. The fraction of sp³-hybridized carbons (Fsp3) is 0.100. The Labute approximate surface area is 126 Å². The molecule has 0 saturated heterocycles. The third-order valence-electron chi connectivity index (χ3n) is 2.01. The maximum absolute atomic E-state index is 6.11. The molecular weight excluding hydrogens is 366 g/mol. The summed E-state index contributed by atoms with van der Waals surface area (Å²) in [6, 6.07) is 3.71. The summed E-state index contributed by atoms with van der Waals surface area (Å²) in [4.78, 5) is 4.99. The van der Waals surface area contributed by atoms with Crippen molar-refractivity contribution in [1.82, 2.24) is 4.98 Å². The molecule has 1 aromatic heterocycles. The monoisotopic (exact) mass is 370 g/mol. The van der Waals surface area contributed by atoms with Crippen LogP contribution in [-0.2, 0) is 6.54 Å². The van der Waals surface area contributed by atoms with Crippen molar-refractivity contribution in [2.45, 2.75) is 6.54 Å². The van der Waals surface area contributed by atoms with Gasteiger partial charge in [0.2, 0.25) is 0 Å². The highest BCUT2D eigenvalue weighted by Gasteiger charge is 2.08. The molecule has 0 aliphatic carbocycles. The molecule has 0 saturated carbocycles. The van der Waals surface area contributed by atoms with Gasteiger partial charge in [-0.25, -0.2) is 4.98 Å². The molecule has 2 rings (SSSR count). The molecule has 0 fully saturated rings. The summed E-state index contributed by atoms with van der Waals surface area (Å²) in [5.74, 6) is 0. The van der Waals surface area contributed by atoms with Crippen molar-refractivity contribution in [1.29, 1.82) is 0 Å². The van der Waals surface area contributed by atoms with E-state index in [9.17, 15) is 0 Å². The van der Waals surface area contributed by atoms with Crippen molar-refractivity contribution in [3.63, 3.8) is 0 Å². The van der Waals surface area contributed by atoms with Gasteiger partial charge in [-0.1, -0.05) is 34.8 Å². The van der Waals surface area contributed by atoms with Crippen molar-refractivity contribution in [2.75, 3.05) is 5.32 Å². The summed E-state index contributed by atoms with van der Waals surface area (Å²) in [6.07, 6.45) is 1.73. The minimum absolute atomic E-state index is 0.497. The van der Waals surface area contributed by atoms with E-state index in [-0.39, 0.29) is 0 Å². The van der Waals surface area contributed by atoms with Crippen LogP contribution in [0.25, 0.3) is 0 Å². The second-order valence-corrected chi connectivity index (χ2v) is 6.46. The maximum atomic E-state index is 6.11. The zero-order chi connectivity index (χ0) is 12.4.